The van der Waals surface area contributed by atoms with E-state index in [0.29, 0.717) is 0 Å². The summed E-state index contributed by atoms with van der Waals surface area (Å²) in [6.07, 6.45) is 1.08. The molecule has 130 valence electrons. The number of aliphatic hydroxyl groups excluding tert-OH is 1. The Labute approximate surface area is 141 Å². The highest BCUT2D eigenvalue weighted by molar-refractivity contribution is 6.25. The molecular weight excluding hydrogens is 330 g/mol. The van der Waals surface area contributed by atoms with Crippen molar-refractivity contribution in [1.82, 2.24) is 0 Å². The topological polar surface area (TPSA) is 147 Å². The van der Waals surface area contributed by atoms with Gasteiger partial charge in [0.15, 0.2) is 17.3 Å². The number of carbonyl (C=O) groups is 3. The average Bonchev–Trinajstić information content (AvgIpc) is 2.78. The van der Waals surface area contributed by atoms with Gasteiger partial charge in [0.1, 0.15) is 39.6 Å². The molecule has 0 saturated heterocycles. The van der Waals surface area contributed by atoms with Crippen LogP contribution in [0, 0.1) is 6.92 Å². The Kier molecular flexibility index (Phi) is 3.22. The van der Waals surface area contributed by atoms with Crippen molar-refractivity contribution >= 4 is 17.5 Å². The molecule has 0 fully saturated rings. The number of phenolic OH excluding ortho intramolecular Hbond substituents is 1. The number of primary amides is 1. The number of ketones is 2. The summed E-state index contributed by atoms with van der Waals surface area (Å²) >= 11 is 0. The maximum absolute atomic E-state index is 12.9. The number of carbonyl (C=O) groups excluding carboxylic acids is 3. The second-order valence-corrected chi connectivity index (χ2v) is 6.15. The molecule has 1 aromatic carbocycles. The number of amides is 1. The van der Waals surface area contributed by atoms with Gasteiger partial charge in [0, 0.05) is 11.6 Å². The smallest absolute Gasteiger partial charge is 0.256 e. The number of phenols is 2. The first-order valence-corrected chi connectivity index (χ1v) is 7.31. The Hall–Kier alpha value is -3.29. The zero-order valence-corrected chi connectivity index (χ0v) is 13.6. The van der Waals surface area contributed by atoms with Gasteiger partial charge in [-0.25, -0.2) is 0 Å². The van der Waals surface area contributed by atoms with Crippen molar-refractivity contribution in [2.75, 3.05) is 0 Å². The lowest BCUT2D eigenvalue weighted by atomic mass is 9.71. The second kappa shape index (κ2) is 4.85. The molecule has 3 rings (SSSR count). The zero-order valence-electron chi connectivity index (χ0n) is 13.6. The number of allylic oxidation sites excluding steroid dienone is 3. The summed E-state index contributed by atoms with van der Waals surface area (Å²) in [5.74, 6) is -4.41. The fourth-order valence-electron chi connectivity index (χ4n) is 3.26. The molecule has 0 radical (unpaired) electrons. The van der Waals surface area contributed by atoms with Crippen LogP contribution in [-0.2, 0) is 15.0 Å². The molecule has 0 spiro atoms. The van der Waals surface area contributed by atoms with E-state index in [0.717, 1.165) is 13.0 Å². The second-order valence-electron chi connectivity index (χ2n) is 6.15. The van der Waals surface area contributed by atoms with Gasteiger partial charge in [0.25, 0.3) is 5.91 Å². The first-order valence-electron chi connectivity index (χ1n) is 7.31. The summed E-state index contributed by atoms with van der Waals surface area (Å²) in [6.45, 7) is 3.86. The highest BCUT2D eigenvalue weighted by atomic mass is 16.5. The van der Waals surface area contributed by atoms with Crippen molar-refractivity contribution in [3.63, 3.8) is 0 Å². The van der Waals surface area contributed by atoms with Gasteiger partial charge in [-0.2, -0.15) is 0 Å². The monoisotopic (exact) mass is 345 g/mol. The first-order chi connectivity index (χ1) is 11.5. The van der Waals surface area contributed by atoms with Gasteiger partial charge < -0.3 is 25.8 Å². The Bertz CT molecular complexity index is 954. The highest BCUT2D eigenvalue weighted by Gasteiger charge is 2.55. The standard InChI is InChI=1S/C17H15NO7/c1-5-12(21)10(16(18)24)14-11(13(5)22)17(3)8(25-14)4-7(20)9(6(2)19)15(17)23/h4,20-22H,1-3H3,(H2,18,24)/t17-/m1/s1. The fraction of sp³-hybridized carbons (Fsp3) is 0.235. The van der Waals surface area contributed by atoms with Crippen LogP contribution in [0.2, 0.25) is 0 Å². The summed E-state index contributed by atoms with van der Waals surface area (Å²) in [5, 5.41) is 30.6. The number of aliphatic hydroxyl groups is 1. The van der Waals surface area contributed by atoms with Crippen LogP contribution in [0.25, 0.3) is 0 Å². The van der Waals surface area contributed by atoms with Gasteiger partial charge in [-0.15, -0.1) is 0 Å². The average molecular weight is 345 g/mol. The molecule has 1 atom stereocenters. The van der Waals surface area contributed by atoms with Crippen LogP contribution in [-0.4, -0.2) is 32.8 Å². The van der Waals surface area contributed by atoms with Crippen molar-refractivity contribution < 1.29 is 34.4 Å². The summed E-state index contributed by atoms with van der Waals surface area (Å²) < 4.78 is 5.51. The quantitative estimate of drug-likeness (QED) is 0.585. The van der Waals surface area contributed by atoms with Gasteiger partial charge in [0.05, 0.1) is 5.56 Å². The van der Waals surface area contributed by atoms with Crippen molar-refractivity contribution in [1.29, 1.82) is 0 Å². The van der Waals surface area contributed by atoms with Gasteiger partial charge in [-0.1, -0.05) is 0 Å². The number of nitrogens with two attached hydrogens (primary N) is 1. The van der Waals surface area contributed by atoms with Gasteiger partial charge >= 0.3 is 0 Å². The zero-order chi connectivity index (χ0) is 18.8. The molecule has 25 heavy (non-hydrogen) atoms. The largest absolute Gasteiger partial charge is 0.507 e. The minimum Gasteiger partial charge on any atom is -0.507 e. The van der Waals surface area contributed by atoms with E-state index in [2.05, 4.69) is 0 Å². The number of Topliss-reactive ketones (excluding diaryl/α,β-unsaturated/α-hetero) is 2. The first kappa shape index (κ1) is 16.6. The molecule has 0 bridgehead atoms. The number of rotatable bonds is 2. The van der Waals surface area contributed by atoms with Crippen LogP contribution < -0.4 is 10.5 Å². The van der Waals surface area contributed by atoms with Crippen LogP contribution >= 0.6 is 0 Å². The van der Waals surface area contributed by atoms with Crippen LogP contribution in [0.15, 0.2) is 23.2 Å². The summed E-state index contributed by atoms with van der Waals surface area (Å²) in [7, 11) is 0. The lowest BCUT2D eigenvalue weighted by molar-refractivity contribution is -0.123. The summed E-state index contributed by atoms with van der Waals surface area (Å²) in [4.78, 5) is 36.4. The molecule has 8 heteroatoms. The van der Waals surface area contributed by atoms with Gasteiger partial charge in [-0.3, -0.25) is 14.4 Å². The lowest BCUT2D eigenvalue weighted by Gasteiger charge is -2.27. The van der Waals surface area contributed by atoms with Crippen LogP contribution in [0.5, 0.6) is 17.2 Å². The third kappa shape index (κ3) is 1.84. The van der Waals surface area contributed by atoms with E-state index in [9.17, 15) is 29.7 Å². The van der Waals surface area contributed by atoms with Crippen molar-refractivity contribution in [2.24, 2.45) is 5.73 Å². The number of hydrogen-bond acceptors (Lipinski definition) is 7. The molecule has 1 amide bonds. The molecule has 1 aliphatic carbocycles. The number of fused-ring (bicyclic) bond motifs is 3. The Morgan fingerprint density at radius 3 is 2.32 bits per heavy atom. The third-order valence-electron chi connectivity index (χ3n) is 4.65. The van der Waals surface area contributed by atoms with Gasteiger partial charge in [0.2, 0.25) is 0 Å². The van der Waals surface area contributed by atoms with Crippen LogP contribution in [0.4, 0.5) is 0 Å². The molecule has 0 saturated carbocycles. The molecular formula is C17H15NO7. The van der Waals surface area contributed by atoms with E-state index >= 15 is 0 Å². The number of hydrogen-bond donors (Lipinski definition) is 4. The molecule has 1 heterocycles. The summed E-state index contributed by atoms with van der Waals surface area (Å²) in [6, 6.07) is 0. The number of ether oxygens (including phenoxy) is 1. The maximum Gasteiger partial charge on any atom is 0.256 e. The van der Waals surface area contributed by atoms with E-state index in [1.54, 1.807) is 0 Å². The molecule has 1 aliphatic heterocycles. The maximum atomic E-state index is 12.9. The van der Waals surface area contributed by atoms with E-state index in [4.69, 9.17) is 10.5 Å². The molecule has 8 nitrogen and oxygen atoms in total. The number of aromatic hydroxyl groups is 2. The SMILES string of the molecule is CC(=O)C1=C(O)C=C2Oc3c(C(N)=O)c(O)c(C)c(O)c3[C@]2(C)C1=O. The molecule has 5 N–H and O–H groups in total. The molecule has 0 aromatic heterocycles. The normalized spacial score (nSPS) is 21.4. The van der Waals surface area contributed by atoms with E-state index in [1.807, 2.05) is 0 Å². The Balaban J connectivity index is 2.42. The van der Waals surface area contributed by atoms with Crippen molar-refractivity contribution in [2.45, 2.75) is 26.2 Å². The van der Waals surface area contributed by atoms with Crippen LogP contribution in [0.3, 0.4) is 0 Å². The number of benzene rings is 1. The minimum atomic E-state index is -1.64. The molecule has 0 unspecified atom stereocenters. The predicted octanol–water partition coefficient (Wildman–Crippen LogP) is 1.02. The fourth-order valence-corrected chi connectivity index (χ4v) is 3.26. The van der Waals surface area contributed by atoms with E-state index in [-0.39, 0.29) is 22.6 Å². The van der Waals surface area contributed by atoms with E-state index in [1.165, 1.54) is 13.8 Å². The van der Waals surface area contributed by atoms with E-state index < -0.39 is 51.3 Å². The predicted molar refractivity (Wildman–Crippen MR) is 84.4 cm³/mol. The van der Waals surface area contributed by atoms with Crippen molar-refractivity contribution in [3.05, 3.63) is 39.9 Å². The molecule has 2 aliphatic rings. The van der Waals surface area contributed by atoms with Gasteiger partial charge in [-0.05, 0) is 20.8 Å². The lowest BCUT2D eigenvalue weighted by Crippen LogP contribution is -2.38. The molecule has 1 aromatic rings. The Morgan fingerprint density at radius 1 is 1.20 bits per heavy atom. The Morgan fingerprint density at radius 2 is 1.80 bits per heavy atom. The summed E-state index contributed by atoms with van der Waals surface area (Å²) in [5.41, 5.74) is 2.68. The third-order valence-corrected chi connectivity index (χ3v) is 4.65. The van der Waals surface area contributed by atoms with Crippen LogP contribution in [0.1, 0.15) is 35.3 Å². The minimum absolute atomic E-state index is 0.0606. The highest BCUT2D eigenvalue weighted by Crippen LogP contribution is 2.57. The van der Waals surface area contributed by atoms with Crippen molar-refractivity contribution in [3.8, 4) is 17.2 Å².